The molecule has 0 spiro atoms. The average Bonchev–Trinajstić information content (AvgIpc) is 2.18. The van der Waals surface area contributed by atoms with Crippen molar-refractivity contribution in [1.82, 2.24) is 0 Å². The minimum atomic E-state index is -0.977. The number of nitrogens with zero attached hydrogens (tertiary/aromatic N) is 2. The van der Waals surface area contributed by atoms with Crippen molar-refractivity contribution in [1.29, 1.82) is 0 Å². The molecule has 0 aliphatic carbocycles. The molecule has 1 aromatic carbocycles. The summed E-state index contributed by atoms with van der Waals surface area (Å²) in [6.45, 7) is 3.46. The molecule has 7 heteroatoms. The number of likely N-dealkylation sites (N-methyl/N-ethyl adjacent to an activating group) is 1. The summed E-state index contributed by atoms with van der Waals surface area (Å²) in [5.74, 6) is 0. The molecule has 0 fully saturated rings. The van der Waals surface area contributed by atoms with Crippen molar-refractivity contribution in [2.75, 3.05) is 18.5 Å². The Bertz CT molecular complexity index is 472. The van der Waals surface area contributed by atoms with Crippen molar-refractivity contribution in [2.24, 2.45) is 0 Å². The van der Waals surface area contributed by atoms with Gasteiger partial charge in [-0.2, -0.15) is 0 Å². The third-order valence-corrected chi connectivity index (χ3v) is 2.97. The maximum atomic E-state index is 11.0. The van der Waals surface area contributed by atoms with E-state index in [0.717, 1.165) is 0 Å². The largest absolute Gasteiger partial charge is 0.389 e. The van der Waals surface area contributed by atoms with E-state index in [4.69, 9.17) is 23.2 Å². The van der Waals surface area contributed by atoms with Gasteiger partial charge in [0.25, 0.3) is 5.69 Å². The van der Waals surface area contributed by atoms with Gasteiger partial charge in [0.1, 0.15) is 5.69 Å². The molecule has 0 unspecified atom stereocenters. The number of hydrogen-bond acceptors (Lipinski definition) is 4. The highest BCUT2D eigenvalue weighted by molar-refractivity contribution is 6.42. The first-order valence-electron chi connectivity index (χ1n) is 5.19. The molecule has 0 heterocycles. The molecule has 0 saturated heterocycles. The van der Waals surface area contributed by atoms with Crippen LogP contribution in [0.15, 0.2) is 12.1 Å². The molecule has 0 aromatic heterocycles. The second-order valence-electron chi connectivity index (χ2n) is 4.68. The third kappa shape index (κ3) is 3.73. The van der Waals surface area contributed by atoms with Gasteiger partial charge in [-0.05, 0) is 19.9 Å². The molecule has 0 aliphatic heterocycles. The summed E-state index contributed by atoms with van der Waals surface area (Å²) in [7, 11) is 1.64. The van der Waals surface area contributed by atoms with E-state index < -0.39 is 10.5 Å². The van der Waals surface area contributed by atoms with Gasteiger partial charge in [0, 0.05) is 19.7 Å². The predicted octanol–water partition coefficient (Wildman–Crippen LogP) is 3.11. The van der Waals surface area contributed by atoms with E-state index in [9.17, 15) is 15.2 Å². The summed E-state index contributed by atoms with van der Waals surface area (Å²) < 4.78 is 0. The van der Waals surface area contributed by atoms with Crippen LogP contribution in [0.1, 0.15) is 13.8 Å². The average molecular weight is 293 g/mol. The SMILES string of the molecule is CN(CC(C)(C)O)c1cc(Cl)c(Cl)cc1[N+](=O)[O-]. The van der Waals surface area contributed by atoms with Crippen LogP contribution >= 0.6 is 23.2 Å². The summed E-state index contributed by atoms with van der Waals surface area (Å²) in [5.41, 5.74) is -0.804. The van der Waals surface area contributed by atoms with Crippen LogP contribution < -0.4 is 4.90 Å². The van der Waals surface area contributed by atoms with Crippen LogP contribution in [0.2, 0.25) is 10.0 Å². The zero-order valence-electron chi connectivity index (χ0n) is 10.3. The molecule has 1 N–H and O–H groups in total. The van der Waals surface area contributed by atoms with E-state index >= 15 is 0 Å². The van der Waals surface area contributed by atoms with Crippen LogP contribution in [0.4, 0.5) is 11.4 Å². The predicted molar refractivity (Wildman–Crippen MR) is 72.7 cm³/mol. The van der Waals surface area contributed by atoms with Gasteiger partial charge in [0.2, 0.25) is 0 Å². The van der Waals surface area contributed by atoms with Gasteiger partial charge < -0.3 is 10.0 Å². The molecule has 100 valence electrons. The topological polar surface area (TPSA) is 66.6 Å². The second-order valence-corrected chi connectivity index (χ2v) is 5.50. The van der Waals surface area contributed by atoms with Crippen molar-refractivity contribution in [3.63, 3.8) is 0 Å². The molecule has 0 radical (unpaired) electrons. The lowest BCUT2D eigenvalue weighted by atomic mass is 10.1. The van der Waals surface area contributed by atoms with Crippen LogP contribution in [0.5, 0.6) is 0 Å². The maximum Gasteiger partial charge on any atom is 0.294 e. The smallest absolute Gasteiger partial charge is 0.294 e. The van der Waals surface area contributed by atoms with Gasteiger partial charge in [-0.3, -0.25) is 10.1 Å². The molecule has 0 bridgehead atoms. The molecular formula is C11H14Cl2N2O3. The molecule has 5 nitrogen and oxygen atoms in total. The Morgan fingerprint density at radius 1 is 1.39 bits per heavy atom. The number of aliphatic hydroxyl groups is 1. The monoisotopic (exact) mass is 292 g/mol. The molecule has 1 aromatic rings. The number of nitro groups is 1. The van der Waals surface area contributed by atoms with Crippen LogP contribution in [0.3, 0.4) is 0 Å². The van der Waals surface area contributed by atoms with E-state index in [2.05, 4.69) is 0 Å². The van der Waals surface area contributed by atoms with Gasteiger partial charge in [-0.1, -0.05) is 23.2 Å². The Labute approximate surface area is 115 Å². The highest BCUT2D eigenvalue weighted by Crippen LogP contribution is 2.36. The summed E-state index contributed by atoms with van der Waals surface area (Å²) in [6, 6.07) is 2.63. The summed E-state index contributed by atoms with van der Waals surface area (Å²) in [4.78, 5) is 12.0. The number of halogens is 2. The molecule has 0 saturated carbocycles. The van der Waals surface area contributed by atoms with Gasteiger partial charge >= 0.3 is 0 Å². The Hall–Kier alpha value is -1.04. The Kier molecular flexibility index (Phi) is 4.42. The lowest BCUT2D eigenvalue weighted by molar-refractivity contribution is -0.384. The molecule has 0 amide bonds. The number of nitro benzene ring substituents is 1. The molecular weight excluding hydrogens is 279 g/mol. The Morgan fingerprint density at radius 2 is 1.89 bits per heavy atom. The molecule has 1 rings (SSSR count). The van der Waals surface area contributed by atoms with Gasteiger partial charge in [-0.25, -0.2) is 0 Å². The zero-order chi connectivity index (χ0) is 14.1. The van der Waals surface area contributed by atoms with Crippen LogP contribution in [-0.2, 0) is 0 Å². The Balaban J connectivity index is 3.22. The fourth-order valence-electron chi connectivity index (χ4n) is 1.64. The fourth-order valence-corrected chi connectivity index (χ4v) is 1.96. The van der Waals surface area contributed by atoms with Crippen molar-refractivity contribution in [3.05, 3.63) is 32.3 Å². The van der Waals surface area contributed by atoms with Crippen molar-refractivity contribution >= 4 is 34.6 Å². The molecule has 18 heavy (non-hydrogen) atoms. The van der Waals surface area contributed by atoms with Gasteiger partial charge in [0.05, 0.1) is 20.6 Å². The van der Waals surface area contributed by atoms with Gasteiger partial charge in [0.15, 0.2) is 0 Å². The normalized spacial score (nSPS) is 11.4. The van der Waals surface area contributed by atoms with E-state index in [1.807, 2.05) is 0 Å². The third-order valence-electron chi connectivity index (χ3n) is 2.25. The molecule has 0 atom stereocenters. The number of rotatable bonds is 4. The van der Waals surface area contributed by atoms with Crippen molar-refractivity contribution in [2.45, 2.75) is 19.4 Å². The number of hydrogen-bond donors (Lipinski definition) is 1. The standard InChI is InChI=1S/C11H14Cl2N2O3/c1-11(2,16)6-14(3)9-4-7(12)8(13)5-10(9)15(17)18/h4-5,16H,6H2,1-3H3. The quantitative estimate of drug-likeness (QED) is 0.684. The maximum absolute atomic E-state index is 11.0. The number of anilines is 1. The second kappa shape index (κ2) is 5.30. The molecule has 0 aliphatic rings. The van der Waals surface area contributed by atoms with E-state index in [1.165, 1.54) is 12.1 Å². The first kappa shape index (κ1) is 15.0. The minimum absolute atomic E-state index is 0.128. The fraction of sp³-hybridized carbons (Fsp3) is 0.455. The minimum Gasteiger partial charge on any atom is -0.389 e. The van der Waals surface area contributed by atoms with Gasteiger partial charge in [-0.15, -0.1) is 0 Å². The lowest BCUT2D eigenvalue weighted by Gasteiger charge is -2.27. The van der Waals surface area contributed by atoms with E-state index in [1.54, 1.807) is 25.8 Å². The first-order chi connectivity index (χ1) is 8.11. The summed E-state index contributed by atoms with van der Waals surface area (Å²) >= 11 is 11.6. The van der Waals surface area contributed by atoms with Crippen LogP contribution in [-0.4, -0.2) is 29.2 Å². The van der Waals surface area contributed by atoms with Crippen molar-refractivity contribution in [3.8, 4) is 0 Å². The van der Waals surface area contributed by atoms with E-state index in [0.29, 0.717) is 5.69 Å². The first-order valence-corrected chi connectivity index (χ1v) is 5.94. The van der Waals surface area contributed by atoms with Crippen LogP contribution in [0, 0.1) is 10.1 Å². The number of benzene rings is 1. The summed E-state index contributed by atoms with van der Waals surface area (Å²) in [5, 5.41) is 21.1. The highest BCUT2D eigenvalue weighted by Gasteiger charge is 2.23. The van der Waals surface area contributed by atoms with Crippen molar-refractivity contribution < 1.29 is 10.0 Å². The summed E-state index contributed by atoms with van der Waals surface area (Å²) in [6.07, 6.45) is 0. The lowest BCUT2D eigenvalue weighted by Crippen LogP contribution is -2.36. The Morgan fingerprint density at radius 3 is 2.33 bits per heavy atom. The zero-order valence-corrected chi connectivity index (χ0v) is 11.8. The van der Waals surface area contributed by atoms with Crippen LogP contribution in [0.25, 0.3) is 0 Å². The van der Waals surface area contributed by atoms with E-state index in [-0.39, 0.29) is 22.3 Å². The highest BCUT2D eigenvalue weighted by atomic mass is 35.5.